The van der Waals surface area contributed by atoms with Gasteiger partial charge in [-0.2, -0.15) is 0 Å². The largest absolute Gasteiger partial charge is 0.544 e. The highest BCUT2D eigenvalue weighted by Gasteiger charge is 2.20. The average Bonchev–Trinajstić information content (AvgIpc) is 2.38. The fourth-order valence-electron chi connectivity index (χ4n) is 1.63. The molecule has 1 amide bonds. The number of quaternary nitrogens is 1. The zero-order valence-corrected chi connectivity index (χ0v) is 12.8. The van der Waals surface area contributed by atoms with Crippen LogP contribution in [0.5, 0.6) is 0 Å². The Kier molecular flexibility index (Phi) is 6.91. The highest BCUT2D eigenvalue weighted by Crippen LogP contribution is 2.29. The number of aliphatic hydroxyl groups excluding tert-OH is 1. The average molecular weight is 335 g/mol. The number of carboxylic acid groups (broad SMARTS) is 1. The number of aliphatic carboxylic acids is 1. The first kappa shape index (κ1) is 17.7. The Morgan fingerprint density at radius 1 is 1.38 bits per heavy atom. The number of amides is 1. The number of rotatable bonds is 7. The third-order valence-electron chi connectivity index (χ3n) is 2.70. The van der Waals surface area contributed by atoms with E-state index in [-0.39, 0.29) is 28.7 Å². The fraction of sp³-hybridized carbons (Fsp3) is 0.385. The minimum absolute atomic E-state index is 0.152. The molecule has 4 N–H and O–H groups in total. The van der Waals surface area contributed by atoms with Crippen LogP contribution < -0.4 is 15.7 Å². The summed E-state index contributed by atoms with van der Waals surface area (Å²) in [6, 6.07) is 3.64. The molecule has 1 aromatic carbocycles. The lowest BCUT2D eigenvalue weighted by Crippen LogP contribution is -2.94. The zero-order valence-electron chi connectivity index (χ0n) is 11.3. The smallest absolute Gasteiger partial charge is 0.230 e. The van der Waals surface area contributed by atoms with Crippen LogP contribution in [0.2, 0.25) is 10.0 Å². The number of para-hydroxylation sites is 1. The number of halogens is 2. The Hall–Kier alpha value is -1.34. The molecule has 0 aliphatic rings. The van der Waals surface area contributed by atoms with Gasteiger partial charge in [0.25, 0.3) is 0 Å². The van der Waals surface area contributed by atoms with E-state index < -0.39 is 24.0 Å². The normalized spacial score (nSPS) is 13.5. The van der Waals surface area contributed by atoms with E-state index in [2.05, 4.69) is 5.32 Å². The maximum absolute atomic E-state index is 11.9. The van der Waals surface area contributed by atoms with E-state index in [0.29, 0.717) is 0 Å². The summed E-state index contributed by atoms with van der Waals surface area (Å²) in [6.07, 6.45) is -1.01. The maximum Gasteiger partial charge on any atom is 0.230 e. The van der Waals surface area contributed by atoms with E-state index in [9.17, 15) is 14.7 Å². The van der Waals surface area contributed by atoms with Gasteiger partial charge in [0.2, 0.25) is 5.91 Å². The molecular formula is C13H16Cl2N2O4. The molecular weight excluding hydrogens is 319 g/mol. The molecule has 0 saturated carbocycles. The van der Waals surface area contributed by atoms with Gasteiger partial charge in [-0.05, 0) is 19.1 Å². The van der Waals surface area contributed by atoms with Crippen molar-refractivity contribution in [1.82, 2.24) is 0 Å². The van der Waals surface area contributed by atoms with Crippen LogP contribution in [0.1, 0.15) is 13.3 Å². The van der Waals surface area contributed by atoms with Crippen LogP contribution in [0, 0.1) is 0 Å². The molecule has 1 aromatic rings. The van der Waals surface area contributed by atoms with E-state index in [0.717, 1.165) is 0 Å². The summed E-state index contributed by atoms with van der Waals surface area (Å²) >= 11 is 11.8. The highest BCUT2D eigenvalue weighted by atomic mass is 35.5. The number of anilines is 1. The van der Waals surface area contributed by atoms with Crippen LogP contribution in [0.25, 0.3) is 0 Å². The van der Waals surface area contributed by atoms with Crippen molar-refractivity contribution in [2.75, 3.05) is 11.9 Å². The number of benzene rings is 1. The molecule has 0 bridgehead atoms. The molecule has 0 radical (unpaired) electrons. The summed E-state index contributed by atoms with van der Waals surface area (Å²) < 4.78 is 0. The Morgan fingerprint density at radius 3 is 2.43 bits per heavy atom. The second-order valence-electron chi connectivity index (χ2n) is 4.59. The number of carbonyl (C=O) groups excluding carboxylic acids is 2. The molecule has 6 nitrogen and oxygen atoms in total. The maximum atomic E-state index is 11.9. The Morgan fingerprint density at radius 2 is 1.95 bits per heavy atom. The predicted molar refractivity (Wildman–Crippen MR) is 77.0 cm³/mol. The number of hydrogen-bond donors (Lipinski definition) is 3. The first-order valence-electron chi connectivity index (χ1n) is 6.27. The molecule has 0 aliphatic heterocycles. The summed E-state index contributed by atoms with van der Waals surface area (Å²) in [6.45, 7) is 1.67. The summed E-state index contributed by atoms with van der Waals surface area (Å²) in [4.78, 5) is 22.9. The van der Waals surface area contributed by atoms with Crippen molar-refractivity contribution in [1.29, 1.82) is 0 Å². The molecule has 0 heterocycles. The lowest BCUT2D eigenvalue weighted by Gasteiger charge is -2.17. The van der Waals surface area contributed by atoms with Crippen molar-refractivity contribution < 1.29 is 25.1 Å². The molecule has 0 unspecified atom stereocenters. The fourth-order valence-corrected chi connectivity index (χ4v) is 2.12. The number of hydrogen-bond acceptors (Lipinski definition) is 4. The first-order valence-corrected chi connectivity index (χ1v) is 7.03. The SMILES string of the molecule is C[C@H](O)C[NH2+][C@@H](CC(=O)Nc1c(Cl)cccc1Cl)C(=O)[O-]. The standard InChI is InChI=1S/C13H16Cl2N2O4/c1-7(18)6-16-10(13(20)21)5-11(19)17-12-8(14)3-2-4-9(12)15/h2-4,7,10,16,18H,5-6H2,1H3,(H,17,19)(H,20,21)/t7-,10-/m0/s1. The Bertz CT molecular complexity index is 503. The van der Waals surface area contributed by atoms with Crippen molar-refractivity contribution in [2.45, 2.75) is 25.5 Å². The van der Waals surface area contributed by atoms with Crippen molar-refractivity contribution in [2.24, 2.45) is 0 Å². The quantitative estimate of drug-likeness (QED) is 0.618. The van der Waals surface area contributed by atoms with Crippen LogP contribution in [0.4, 0.5) is 5.69 Å². The van der Waals surface area contributed by atoms with E-state index in [1.54, 1.807) is 18.2 Å². The first-order chi connectivity index (χ1) is 9.81. The minimum Gasteiger partial charge on any atom is -0.544 e. The van der Waals surface area contributed by atoms with Gasteiger partial charge in [0, 0.05) is 0 Å². The van der Waals surface area contributed by atoms with Gasteiger partial charge in [-0.15, -0.1) is 0 Å². The molecule has 1 rings (SSSR count). The zero-order chi connectivity index (χ0) is 16.0. The second kappa shape index (κ2) is 8.19. The third-order valence-corrected chi connectivity index (χ3v) is 3.33. The van der Waals surface area contributed by atoms with Gasteiger partial charge in [-0.3, -0.25) is 4.79 Å². The highest BCUT2D eigenvalue weighted by molar-refractivity contribution is 6.39. The van der Waals surface area contributed by atoms with E-state index in [1.165, 1.54) is 12.2 Å². The molecule has 21 heavy (non-hydrogen) atoms. The number of carbonyl (C=O) groups is 2. The number of carboxylic acids is 1. The predicted octanol–water partition coefficient (Wildman–Crippen LogP) is -0.615. The van der Waals surface area contributed by atoms with E-state index in [1.807, 2.05) is 0 Å². The topological polar surface area (TPSA) is 106 Å². The Balaban J connectivity index is 2.68. The Labute approximate surface area is 132 Å². The number of nitrogens with two attached hydrogens (primary N) is 1. The third kappa shape index (κ3) is 5.89. The van der Waals surface area contributed by atoms with Gasteiger partial charge in [-0.25, -0.2) is 0 Å². The minimum atomic E-state index is -1.38. The number of nitrogens with one attached hydrogen (secondary N) is 1. The van der Waals surface area contributed by atoms with E-state index in [4.69, 9.17) is 28.3 Å². The van der Waals surface area contributed by atoms with Gasteiger partial charge in [0.15, 0.2) is 0 Å². The van der Waals surface area contributed by atoms with Gasteiger partial charge < -0.3 is 25.6 Å². The summed E-state index contributed by atoms with van der Waals surface area (Å²) in [5.74, 6) is -1.93. The molecule has 0 aromatic heterocycles. The van der Waals surface area contributed by atoms with E-state index >= 15 is 0 Å². The van der Waals surface area contributed by atoms with Gasteiger partial charge in [-0.1, -0.05) is 29.3 Å². The monoisotopic (exact) mass is 334 g/mol. The molecule has 0 saturated heterocycles. The van der Waals surface area contributed by atoms with Crippen molar-refractivity contribution >= 4 is 40.8 Å². The summed E-state index contributed by atoms with van der Waals surface area (Å²) in [5, 5.41) is 24.5. The number of aliphatic hydroxyl groups is 1. The van der Waals surface area contributed by atoms with Gasteiger partial charge in [0.1, 0.15) is 12.6 Å². The molecule has 0 spiro atoms. The molecule has 0 aliphatic carbocycles. The lowest BCUT2D eigenvalue weighted by atomic mass is 10.2. The molecule has 8 heteroatoms. The van der Waals surface area contributed by atoms with Crippen LogP contribution in [0.15, 0.2) is 18.2 Å². The second-order valence-corrected chi connectivity index (χ2v) is 5.41. The van der Waals surface area contributed by atoms with Crippen LogP contribution in [-0.4, -0.2) is 35.7 Å². The van der Waals surface area contributed by atoms with Crippen LogP contribution in [0.3, 0.4) is 0 Å². The summed E-state index contributed by atoms with van der Waals surface area (Å²) in [5.41, 5.74) is 0.235. The summed E-state index contributed by atoms with van der Waals surface area (Å²) in [7, 11) is 0. The molecule has 2 atom stereocenters. The van der Waals surface area contributed by atoms with Crippen molar-refractivity contribution in [3.63, 3.8) is 0 Å². The van der Waals surface area contributed by atoms with Crippen molar-refractivity contribution in [3.8, 4) is 0 Å². The van der Waals surface area contributed by atoms with Crippen LogP contribution >= 0.6 is 23.2 Å². The molecule has 116 valence electrons. The molecule has 0 fully saturated rings. The lowest BCUT2D eigenvalue weighted by molar-refractivity contribution is -0.687. The van der Waals surface area contributed by atoms with Gasteiger partial charge >= 0.3 is 0 Å². The van der Waals surface area contributed by atoms with Crippen LogP contribution in [-0.2, 0) is 9.59 Å². The van der Waals surface area contributed by atoms with Crippen molar-refractivity contribution in [3.05, 3.63) is 28.2 Å². The van der Waals surface area contributed by atoms with Gasteiger partial charge in [0.05, 0.1) is 34.2 Å².